The van der Waals surface area contributed by atoms with E-state index in [0.717, 1.165) is 54.9 Å². The van der Waals surface area contributed by atoms with E-state index in [1.54, 1.807) is 18.9 Å². The molecule has 186 valence electrons. The van der Waals surface area contributed by atoms with Crippen LogP contribution in [0.5, 0.6) is 11.5 Å². The normalized spacial score (nSPS) is 15.2. The van der Waals surface area contributed by atoms with Crippen LogP contribution in [-0.2, 0) is 16.0 Å². The third-order valence-corrected chi connectivity index (χ3v) is 7.19. The first-order chi connectivity index (χ1) is 16.3. The zero-order chi connectivity index (χ0) is 24.4. The van der Waals surface area contributed by atoms with Crippen LogP contribution in [0.4, 0.5) is 0 Å². The average molecular weight is 485 g/mol. The maximum Gasteiger partial charge on any atom is 0.307 e. The molecule has 1 fully saturated rings. The summed E-state index contributed by atoms with van der Waals surface area (Å²) < 4.78 is 17.5. The number of methoxy groups -OCH3 is 1. The Hall–Kier alpha value is -2.14. The maximum absolute atomic E-state index is 12.6. The molecule has 34 heavy (non-hydrogen) atoms. The van der Waals surface area contributed by atoms with Crippen LogP contribution >= 0.6 is 11.8 Å². The molecular formula is C29H40O4S. The third kappa shape index (κ3) is 9.25. The molecule has 1 aliphatic carbocycles. The highest BCUT2D eigenvalue weighted by Crippen LogP contribution is 2.38. The van der Waals surface area contributed by atoms with E-state index in [0.29, 0.717) is 6.42 Å². The van der Waals surface area contributed by atoms with Crippen LogP contribution < -0.4 is 9.47 Å². The van der Waals surface area contributed by atoms with Crippen molar-refractivity contribution in [2.24, 2.45) is 0 Å². The van der Waals surface area contributed by atoms with Gasteiger partial charge in [-0.1, -0.05) is 36.8 Å². The van der Waals surface area contributed by atoms with Gasteiger partial charge in [-0.15, -0.1) is 11.8 Å². The monoisotopic (exact) mass is 484 g/mol. The van der Waals surface area contributed by atoms with Crippen LogP contribution in [0.1, 0.15) is 77.7 Å². The van der Waals surface area contributed by atoms with Gasteiger partial charge >= 0.3 is 5.97 Å². The fourth-order valence-electron chi connectivity index (χ4n) is 4.32. The fraction of sp³-hybridized carbons (Fsp3) is 0.552. The van der Waals surface area contributed by atoms with Gasteiger partial charge in [-0.05, 0) is 89.5 Å². The van der Waals surface area contributed by atoms with E-state index in [1.807, 2.05) is 26.8 Å². The number of thioether (sulfide) groups is 1. The van der Waals surface area contributed by atoms with Crippen molar-refractivity contribution in [3.63, 3.8) is 0 Å². The van der Waals surface area contributed by atoms with Crippen molar-refractivity contribution in [3.8, 4) is 11.5 Å². The van der Waals surface area contributed by atoms with Crippen molar-refractivity contribution in [2.75, 3.05) is 7.11 Å². The molecule has 0 spiro atoms. The van der Waals surface area contributed by atoms with Crippen molar-refractivity contribution in [1.82, 2.24) is 0 Å². The Morgan fingerprint density at radius 3 is 2.44 bits per heavy atom. The summed E-state index contributed by atoms with van der Waals surface area (Å²) in [5.74, 6) is 1.44. The zero-order valence-corrected chi connectivity index (χ0v) is 22.0. The maximum atomic E-state index is 12.6. The second-order valence-corrected chi connectivity index (χ2v) is 11.5. The molecule has 1 saturated carbocycles. The Morgan fingerprint density at radius 1 is 1.03 bits per heavy atom. The van der Waals surface area contributed by atoms with Gasteiger partial charge in [0.15, 0.2) is 11.5 Å². The van der Waals surface area contributed by atoms with Crippen molar-refractivity contribution in [1.29, 1.82) is 0 Å². The summed E-state index contributed by atoms with van der Waals surface area (Å²) in [6.45, 7) is 5.76. The number of carbonyl (C=O) groups is 1. The highest BCUT2D eigenvalue weighted by atomic mass is 32.2. The molecule has 0 amide bonds. The molecule has 1 aliphatic rings. The van der Waals surface area contributed by atoms with Crippen LogP contribution in [-0.4, -0.2) is 30.0 Å². The van der Waals surface area contributed by atoms with E-state index in [2.05, 4.69) is 42.5 Å². The topological polar surface area (TPSA) is 44.8 Å². The van der Waals surface area contributed by atoms with E-state index < -0.39 is 5.60 Å². The second kappa shape index (κ2) is 13.1. The van der Waals surface area contributed by atoms with Crippen LogP contribution in [0.25, 0.3) is 0 Å². The van der Waals surface area contributed by atoms with Gasteiger partial charge < -0.3 is 14.2 Å². The van der Waals surface area contributed by atoms with Gasteiger partial charge in [0.1, 0.15) is 5.60 Å². The first-order valence-electron chi connectivity index (χ1n) is 12.6. The number of benzene rings is 2. The number of hydrogen-bond donors (Lipinski definition) is 0. The molecule has 5 heteroatoms. The lowest BCUT2D eigenvalue weighted by Gasteiger charge is -2.23. The van der Waals surface area contributed by atoms with Crippen molar-refractivity contribution < 1.29 is 19.0 Å². The summed E-state index contributed by atoms with van der Waals surface area (Å²) in [6.07, 6.45) is 9.51. The summed E-state index contributed by atoms with van der Waals surface area (Å²) in [5.41, 5.74) is 0.893. The number of ether oxygens (including phenoxy) is 3. The summed E-state index contributed by atoms with van der Waals surface area (Å²) >= 11 is 1.74. The van der Waals surface area contributed by atoms with Gasteiger partial charge in [-0.3, -0.25) is 4.79 Å². The van der Waals surface area contributed by atoms with E-state index in [9.17, 15) is 4.79 Å². The molecule has 0 heterocycles. The Kier molecular flexibility index (Phi) is 10.2. The minimum atomic E-state index is -0.470. The zero-order valence-electron chi connectivity index (χ0n) is 21.2. The summed E-state index contributed by atoms with van der Waals surface area (Å²) in [5, 5.41) is 0.151. The van der Waals surface area contributed by atoms with E-state index in [1.165, 1.54) is 18.4 Å². The van der Waals surface area contributed by atoms with Gasteiger partial charge in [-0.25, -0.2) is 0 Å². The Labute approximate surface area is 209 Å². The Bertz CT molecular complexity index is 885. The predicted molar refractivity (Wildman–Crippen MR) is 140 cm³/mol. The molecule has 0 saturated heterocycles. The summed E-state index contributed by atoms with van der Waals surface area (Å²) in [4.78, 5) is 13.7. The average Bonchev–Trinajstić information content (AvgIpc) is 3.29. The standard InChI is InChI=1S/C29H40O4S/c1-29(2,3)33-28(30)21-24(17-11-8-14-22-12-6-5-7-13-22)34-25-18-19-26(31-4)27(20-25)32-23-15-9-10-16-23/h5-7,12-13,18-20,23-24H,8-11,14-17,21H2,1-4H3. The second-order valence-electron chi connectivity index (χ2n) is 10.1. The third-order valence-electron chi connectivity index (χ3n) is 5.93. The Balaban J connectivity index is 1.64. The number of unbranched alkanes of at least 4 members (excludes halogenated alkanes) is 1. The first-order valence-corrected chi connectivity index (χ1v) is 13.5. The number of carbonyl (C=O) groups excluding carboxylic acids is 1. The smallest absolute Gasteiger partial charge is 0.307 e. The molecular weight excluding hydrogens is 444 g/mol. The quantitative estimate of drug-likeness (QED) is 0.176. The van der Waals surface area contributed by atoms with Crippen LogP contribution in [0.2, 0.25) is 0 Å². The number of hydrogen-bond acceptors (Lipinski definition) is 5. The lowest BCUT2D eigenvalue weighted by atomic mass is 10.1. The van der Waals surface area contributed by atoms with Gasteiger partial charge in [0.25, 0.3) is 0 Å². The predicted octanol–water partition coefficient (Wildman–Crippen LogP) is 7.62. The first kappa shape index (κ1) is 26.5. The molecule has 0 aromatic heterocycles. The van der Waals surface area contributed by atoms with Gasteiger partial charge in [0.05, 0.1) is 19.6 Å². The van der Waals surface area contributed by atoms with Crippen LogP contribution in [0.3, 0.4) is 0 Å². The molecule has 3 rings (SSSR count). The van der Waals surface area contributed by atoms with Crippen molar-refractivity contribution in [3.05, 3.63) is 54.1 Å². The largest absolute Gasteiger partial charge is 0.493 e. The van der Waals surface area contributed by atoms with Crippen molar-refractivity contribution in [2.45, 2.75) is 100 Å². The van der Waals surface area contributed by atoms with Crippen molar-refractivity contribution >= 4 is 17.7 Å². The highest BCUT2D eigenvalue weighted by molar-refractivity contribution is 8.00. The lowest BCUT2D eigenvalue weighted by Crippen LogP contribution is -2.25. The number of esters is 1. The van der Waals surface area contributed by atoms with Gasteiger partial charge in [0.2, 0.25) is 0 Å². The van der Waals surface area contributed by atoms with Crippen LogP contribution in [0, 0.1) is 0 Å². The molecule has 1 atom stereocenters. The molecule has 2 aromatic carbocycles. The van der Waals surface area contributed by atoms with Gasteiger partial charge in [0, 0.05) is 10.1 Å². The minimum Gasteiger partial charge on any atom is -0.493 e. The number of aryl methyl sites for hydroxylation is 1. The molecule has 1 unspecified atom stereocenters. The fourth-order valence-corrected chi connectivity index (χ4v) is 5.53. The minimum absolute atomic E-state index is 0.135. The van der Waals surface area contributed by atoms with Crippen LogP contribution in [0.15, 0.2) is 53.4 Å². The van der Waals surface area contributed by atoms with E-state index >= 15 is 0 Å². The molecule has 2 aromatic rings. The molecule has 0 aliphatic heterocycles. The highest BCUT2D eigenvalue weighted by Gasteiger charge is 2.23. The summed E-state index contributed by atoms with van der Waals surface area (Å²) in [6, 6.07) is 16.7. The van der Waals surface area contributed by atoms with Gasteiger partial charge in [-0.2, -0.15) is 0 Å². The van der Waals surface area contributed by atoms with E-state index in [-0.39, 0.29) is 17.3 Å². The molecule has 0 radical (unpaired) electrons. The Morgan fingerprint density at radius 2 is 1.76 bits per heavy atom. The molecule has 4 nitrogen and oxygen atoms in total. The molecule has 0 N–H and O–H groups in total. The number of rotatable bonds is 12. The van der Waals surface area contributed by atoms with E-state index in [4.69, 9.17) is 14.2 Å². The SMILES string of the molecule is COc1ccc(SC(CCCCc2ccccc2)CC(=O)OC(C)(C)C)cc1OC1CCCC1. The lowest BCUT2D eigenvalue weighted by molar-refractivity contribution is -0.154. The summed E-state index contributed by atoms with van der Waals surface area (Å²) in [7, 11) is 1.68. The molecule has 0 bridgehead atoms.